The van der Waals surface area contributed by atoms with Gasteiger partial charge >= 0.3 is 0 Å². The Morgan fingerprint density at radius 1 is 1.12 bits per heavy atom. The molecule has 1 fully saturated rings. The van der Waals surface area contributed by atoms with Gasteiger partial charge in [-0.05, 0) is 63.0 Å². The topological polar surface area (TPSA) is 93.3 Å². The second kappa shape index (κ2) is 9.58. The van der Waals surface area contributed by atoms with E-state index in [1.807, 2.05) is 41.8 Å². The summed E-state index contributed by atoms with van der Waals surface area (Å²) < 4.78 is 1.82. The van der Waals surface area contributed by atoms with Gasteiger partial charge in [0.15, 0.2) is 0 Å². The molecule has 2 heterocycles. The maximum atomic E-state index is 12.4. The fourth-order valence-corrected chi connectivity index (χ4v) is 4.33. The minimum Gasteiger partial charge on any atom is -0.310 e. The summed E-state index contributed by atoms with van der Waals surface area (Å²) in [6.07, 6.45) is 3.43. The number of hydrogen-bond donors (Lipinski definition) is 1. The molecule has 0 saturated carbocycles. The van der Waals surface area contributed by atoms with Crippen molar-refractivity contribution in [2.45, 2.75) is 45.8 Å². The SMILES string of the molecule is Cc1ccc2ncc(=O)n(CCN3CCC(NCc4ccc(C)c([N+](=O)[O-])c4)CC3)c2c1. The zero-order valence-electron chi connectivity index (χ0n) is 18.6. The van der Waals surface area contributed by atoms with Crippen LogP contribution in [0.5, 0.6) is 0 Å². The van der Waals surface area contributed by atoms with E-state index in [4.69, 9.17) is 0 Å². The highest BCUT2D eigenvalue weighted by molar-refractivity contribution is 5.75. The number of benzene rings is 2. The van der Waals surface area contributed by atoms with Crippen molar-refractivity contribution in [3.63, 3.8) is 0 Å². The Hall–Kier alpha value is -3.10. The van der Waals surface area contributed by atoms with E-state index in [-0.39, 0.29) is 16.2 Å². The van der Waals surface area contributed by atoms with Crippen LogP contribution in [0, 0.1) is 24.0 Å². The van der Waals surface area contributed by atoms with Gasteiger partial charge in [0.2, 0.25) is 0 Å². The number of piperidine rings is 1. The summed E-state index contributed by atoms with van der Waals surface area (Å²) >= 11 is 0. The first-order chi connectivity index (χ1) is 15.4. The van der Waals surface area contributed by atoms with Crippen LogP contribution in [-0.4, -0.2) is 45.1 Å². The van der Waals surface area contributed by atoms with Crippen LogP contribution in [0.15, 0.2) is 47.4 Å². The first kappa shape index (κ1) is 22.1. The number of aromatic nitrogens is 2. The number of rotatable bonds is 7. The normalized spacial score (nSPS) is 15.3. The molecule has 0 radical (unpaired) electrons. The van der Waals surface area contributed by atoms with E-state index in [1.165, 1.54) is 6.20 Å². The number of aryl methyl sites for hydroxylation is 2. The Balaban J connectivity index is 1.30. The van der Waals surface area contributed by atoms with Gasteiger partial charge < -0.3 is 14.8 Å². The molecule has 0 atom stereocenters. The third kappa shape index (κ3) is 5.03. The van der Waals surface area contributed by atoms with Crippen LogP contribution in [0.3, 0.4) is 0 Å². The van der Waals surface area contributed by atoms with Gasteiger partial charge in [0, 0.05) is 37.3 Å². The Bertz CT molecular complexity index is 1180. The van der Waals surface area contributed by atoms with E-state index in [0.29, 0.717) is 24.7 Å². The molecular weight excluding hydrogens is 406 g/mol. The molecule has 1 aliphatic heterocycles. The number of fused-ring (bicyclic) bond motifs is 1. The molecule has 168 valence electrons. The number of nitro groups is 1. The Labute approximate surface area is 187 Å². The summed E-state index contributed by atoms with van der Waals surface area (Å²) in [6, 6.07) is 11.8. The van der Waals surface area contributed by atoms with Gasteiger partial charge in [-0.1, -0.05) is 18.2 Å². The molecule has 1 aromatic heterocycles. The summed E-state index contributed by atoms with van der Waals surface area (Å²) in [6.45, 7) is 7.80. The average molecular weight is 436 g/mol. The molecule has 1 aliphatic rings. The lowest BCUT2D eigenvalue weighted by molar-refractivity contribution is -0.385. The molecule has 4 rings (SSSR count). The molecule has 0 amide bonds. The lowest BCUT2D eigenvalue weighted by Crippen LogP contribution is -2.43. The maximum absolute atomic E-state index is 12.4. The molecule has 8 nitrogen and oxygen atoms in total. The molecule has 1 N–H and O–H groups in total. The summed E-state index contributed by atoms with van der Waals surface area (Å²) in [4.78, 5) is 29.9. The van der Waals surface area contributed by atoms with Crippen molar-refractivity contribution in [2.75, 3.05) is 19.6 Å². The zero-order chi connectivity index (χ0) is 22.7. The predicted octanol–water partition coefficient (Wildman–Crippen LogP) is 3.18. The van der Waals surface area contributed by atoms with Gasteiger partial charge in [-0.2, -0.15) is 0 Å². The van der Waals surface area contributed by atoms with E-state index < -0.39 is 0 Å². The van der Waals surface area contributed by atoms with Crippen LogP contribution in [0.1, 0.15) is 29.5 Å². The maximum Gasteiger partial charge on any atom is 0.272 e. The lowest BCUT2D eigenvalue weighted by Gasteiger charge is -2.32. The molecule has 32 heavy (non-hydrogen) atoms. The smallest absolute Gasteiger partial charge is 0.272 e. The minimum atomic E-state index is -0.323. The highest BCUT2D eigenvalue weighted by Gasteiger charge is 2.19. The molecule has 8 heteroatoms. The van der Waals surface area contributed by atoms with Crippen LogP contribution >= 0.6 is 0 Å². The van der Waals surface area contributed by atoms with E-state index >= 15 is 0 Å². The van der Waals surface area contributed by atoms with Crippen LogP contribution in [0.25, 0.3) is 11.0 Å². The molecule has 0 aliphatic carbocycles. The third-order valence-electron chi connectivity index (χ3n) is 6.29. The Morgan fingerprint density at radius 3 is 2.66 bits per heavy atom. The molecule has 0 unspecified atom stereocenters. The second-order valence-electron chi connectivity index (χ2n) is 8.62. The summed E-state index contributed by atoms with van der Waals surface area (Å²) in [5, 5.41) is 14.7. The van der Waals surface area contributed by atoms with E-state index in [9.17, 15) is 14.9 Å². The first-order valence-corrected chi connectivity index (χ1v) is 11.1. The first-order valence-electron chi connectivity index (χ1n) is 11.1. The Kier molecular flexibility index (Phi) is 6.62. The summed E-state index contributed by atoms with van der Waals surface area (Å²) in [5.41, 5.74) is 4.58. The van der Waals surface area contributed by atoms with Crippen LogP contribution in [-0.2, 0) is 13.1 Å². The van der Waals surface area contributed by atoms with Crippen molar-refractivity contribution in [3.05, 3.63) is 79.8 Å². The zero-order valence-corrected chi connectivity index (χ0v) is 18.6. The van der Waals surface area contributed by atoms with Crippen LogP contribution in [0.2, 0.25) is 0 Å². The van der Waals surface area contributed by atoms with Crippen molar-refractivity contribution in [1.82, 2.24) is 19.8 Å². The van der Waals surface area contributed by atoms with Gasteiger partial charge in [-0.3, -0.25) is 14.9 Å². The molecule has 1 saturated heterocycles. The van der Waals surface area contributed by atoms with E-state index in [0.717, 1.165) is 54.6 Å². The summed E-state index contributed by atoms with van der Waals surface area (Å²) in [7, 11) is 0. The highest BCUT2D eigenvalue weighted by Crippen LogP contribution is 2.20. The summed E-state index contributed by atoms with van der Waals surface area (Å²) in [5.74, 6) is 0. The van der Waals surface area contributed by atoms with Gasteiger partial charge in [-0.25, -0.2) is 4.98 Å². The van der Waals surface area contributed by atoms with Crippen molar-refractivity contribution in [1.29, 1.82) is 0 Å². The van der Waals surface area contributed by atoms with Crippen molar-refractivity contribution in [2.24, 2.45) is 0 Å². The van der Waals surface area contributed by atoms with Crippen molar-refractivity contribution < 1.29 is 4.92 Å². The number of nitrogens with zero attached hydrogens (tertiary/aromatic N) is 4. The highest BCUT2D eigenvalue weighted by atomic mass is 16.6. The van der Waals surface area contributed by atoms with Gasteiger partial charge in [-0.15, -0.1) is 0 Å². The fraction of sp³-hybridized carbons (Fsp3) is 0.417. The van der Waals surface area contributed by atoms with Gasteiger partial charge in [0.25, 0.3) is 11.2 Å². The fourth-order valence-electron chi connectivity index (χ4n) is 4.33. The van der Waals surface area contributed by atoms with Gasteiger partial charge in [0.1, 0.15) is 0 Å². The largest absolute Gasteiger partial charge is 0.310 e. The monoisotopic (exact) mass is 435 g/mol. The molecular formula is C24H29N5O3. The average Bonchev–Trinajstić information content (AvgIpc) is 2.78. The molecule has 2 aromatic carbocycles. The van der Waals surface area contributed by atoms with Crippen LogP contribution < -0.4 is 10.9 Å². The van der Waals surface area contributed by atoms with E-state index in [2.05, 4.69) is 15.2 Å². The lowest BCUT2D eigenvalue weighted by atomic mass is 10.0. The van der Waals surface area contributed by atoms with Crippen molar-refractivity contribution in [3.8, 4) is 0 Å². The number of hydrogen-bond acceptors (Lipinski definition) is 6. The molecule has 3 aromatic rings. The third-order valence-corrected chi connectivity index (χ3v) is 6.29. The number of nitro benzene ring substituents is 1. The molecule has 0 spiro atoms. The van der Waals surface area contributed by atoms with Crippen LogP contribution in [0.4, 0.5) is 5.69 Å². The Morgan fingerprint density at radius 2 is 1.91 bits per heavy atom. The van der Waals surface area contributed by atoms with Gasteiger partial charge in [0.05, 0.1) is 22.2 Å². The standard InChI is InChI=1S/C24H29N5O3/c1-17-3-6-21-23(13-17)28(24(30)16-26-21)12-11-27-9-7-20(8-10-27)25-15-19-5-4-18(2)22(14-19)29(31)32/h3-6,13-14,16,20,25H,7-12,15H2,1-2H3. The van der Waals surface area contributed by atoms with Crippen molar-refractivity contribution >= 4 is 16.7 Å². The number of nitrogens with one attached hydrogen (secondary N) is 1. The predicted molar refractivity (Wildman–Crippen MR) is 125 cm³/mol. The van der Waals surface area contributed by atoms with E-state index in [1.54, 1.807) is 13.0 Å². The minimum absolute atomic E-state index is 0.0631. The molecule has 0 bridgehead atoms. The quantitative estimate of drug-likeness (QED) is 0.453. The number of likely N-dealkylation sites (tertiary alicyclic amines) is 1. The second-order valence-corrected chi connectivity index (χ2v) is 8.62.